The quantitative estimate of drug-likeness (QED) is 0.818. The monoisotopic (exact) mass is 370 g/mol. The smallest absolute Gasteiger partial charge is 0.254 e. The molecule has 0 aliphatic carbocycles. The van der Waals surface area contributed by atoms with Gasteiger partial charge in [-0.15, -0.1) is 12.4 Å². The number of nitrogens with one attached hydrogen (secondary N) is 1. The molecule has 1 heterocycles. The van der Waals surface area contributed by atoms with Crippen molar-refractivity contribution in [2.75, 3.05) is 13.1 Å². The molecule has 0 saturated carbocycles. The molecule has 2 rings (SSSR count). The summed E-state index contributed by atoms with van der Waals surface area (Å²) in [6.07, 6.45) is 1.61. The lowest BCUT2D eigenvalue weighted by Gasteiger charge is -2.14. The number of amides is 1. The average Bonchev–Trinajstić information content (AvgIpc) is 2.97. The van der Waals surface area contributed by atoms with Crippen LogP contribution in [0.2, 0.25) is 5.02 Å². The summed E-state index contributed by atoms with van der Waals surface area (Å²) in [6.45, 7) is 7.17. The van der Waals surface area contributed by atoms with Crippen LogP contribution in [-0.2, 0) is 0 Å². The maximum absolute atomic E-state index is 12.5. The van der Waals surface area contributed by atoms with Gasteiger partial charge in [0, 0.05) is 11.6 Å². The van der Waals surface area contributed by atoms with Gasteiger partial charge >= 0.3 is 0 Å². The average molecular weight is 371 g/mol. The largest absolute Gasteiger partial charge is 0.352 e. The van der Waals surface area contributed by atoms with Gasteiger partial charge in [-0.1, -0.05) is 38.4 Å². The normalized spacial score (nSPS) is 11.9. The van der Waals surface area contributed by atoms with E-state index in [0.717, 1.165) is 11.4 Å². The summed E-state index contributed by atoms with van der Waals surface area (Å²) in [5, 5.41) is 7.95. The third kappa shape index (κ3) is 4.72. The fourth-order valence-corrected chi connectivity index (χ4v) is 2.53. The van der Waals surface area contributed by atoms with E-state index in [1.54, 1.807) is 10.9 Å². The van der Waals surface area contributed by atoms with E-state index in [2.05, 4.69) is 10.4 Å². The Labute approximate surface area is 154 Å². The first kappa shape index (κ1) is 20.5. The molecular weight excluding hydrogens is 347 g/mol. The fourth-order valence-electron chi connectivity index (χ4n) is 2.35. The predicted octanol–water partition coefficient (Wildman–Crippen LogP) is 3.40. The summed E-state index contributed by atoms with van der Waals surface area (Å²) in [4.78, 5) is 12.5. The highest BCUT2D eigenvalue weighted by Gasteiger charge is 2.21. The fraction of sp³-hybridized carbons (Fsp3) is 0.412. The van der Waals surface area contributed by atoms with Gasteiger partial charge in [0.25, 0.3) is 5.91 Å². The molecule has 0 fully saturated rings. The van der Waals surface area contributed by atoms with Gasteiger partial charge in [-0.3, -0.25) is 4.79 Å². The number of hydrogen-bond donors (Lipinski definition) is 2. The minimum absolute atomic E-state index is 0. The van der Waals surface area contributed by atoms with Gasteiger partial charge in [0.1, 0.15) is 0 Å². The summed E-state index contributed by atoms with van der Waals surface area (Å²) >= 11 is 6.06. The van der Waals surface area contributed by atoms with Gasteiger partial charge < -0.3 is 11.1 Å². The molecule has 2 aromatic rings. The van der Waals surface area contributed by atoms with Crippen LogP contribution >= 0.6 is 24.0 Å². The lowest BCUT2D eigenvalue weighted by atomic mass is 10.0. The molecule has 0 aliphatic heterocycles. The zero-order chi connectivity index (χ0) is 17.0. The molecule has 0 aliphatic rings. The van der Waals surface area contributed by atoms with Crippen molar-refractivity contribution in [3.05, 3.63) is 46.7 Å². The molecule has 5 nitrogen and oxygen atoms in total. The Morgan fingerprint density at radius 2 is 2.08 bits per heavy atom. The van der Waals surface area contributed by atoms with Crippen LogP contribution in [0, 0.1) is 5.92 Å². The van der Waals surface area contributed by atoms with Crippen molar-refractivity contribution in [2.45, 2.75) is 26.7 Å². The summed E-state index contributed by atoms with van der Waals surface area (Å²) in [6, 6.07) is 7.43. The summed E-state index contributed by atoms with van der Waals surface area (Å²) < 4.78 is 1.78. The van der Waals surface area contributed by atoms with Crippen LogP contribution in [0.25, 0.3) is 5.69 Å². The van der Waals surface area contributed by atoms with Crippen molar-refractivity contribution in [2.24, 2.45) is 11.7 Å². The van der Waals surface area contributed by atoms with E-state index in [9.17, 15) is 4.79 Å². The highest BCUT2D eigenvalue weighted by molar-refractivity contribution is 6.30. The molecule has 0 bridgehead atoms. The van der Waals surface area contributed by atoms with Crippen molar-refractivity contribution >= 4 is 29.9 Å². The number of carbonyl (C=O) groups is 1. The van der Waals surface area contributed by atoms with E-state index in [-0.39, 0.29) is 30.2 Å². The number of benzene rings is 1. The molecule has 0 saturated heterocycles. The number of hydrogen-bond acceptors (Lipinski definition) is 3. The molecule has 3 N–H and O–H groups in total. The second-order valence-electron chi connectivity index (χ2n) is 6.04. The topological polar surface area (TPSA) is 72.9 Å². The Morgan fingerprint density at radius 3 is 2.67 bits per heavy atom. The first-order valence-electron chi connectivity index (χ1n) is 7.76. The summed E-state index contributed by atoms with van der Waals surface area (Å²) in [5.74, 6) is 0.260. The third-order valence-electron chi connectivity index (χ3n) is 3.66. The van der Waals surface area contributed by atoms with E-state index >= 15 is 0 Å². The second kappa shape index (κ2) is 9.06. The van der Waals surface area contributed by atoms with Gasteiger partial charge in [0.2, 0.25) is 0 Å². The van der Waals surface area contributed by atoms with Crippen molar-refractivity contribution < 1.29 is 4.79 Å². The molecule has 1 unspecified atom stereocenters. The minimum Gasteiger partial charge on any atom is -0.352 e. The minimum atomic E-state index is -0.123. The van der Waals surface area contributed by atoms with Gasteiger partial charge in [-0.2, -0.15) is 5.10 Å². The number of halogens is 2. The molecule has 1 amide bonds. The van der Waals surface area contributed by atoms with Crippen molar-refractivity contribution in [3.8, 4) is 5.69 Å². The summed E-state index contributed by atoms with van der Waals surface area (Å²) in [7, 11) is 0. The highest BCUT2D eigenvalue weighted by Crippen LogP contribution is 2.24. The van der Waals surface area contributed by atoms with Crippen LogP contribution in [0.5, 0.6) is 0 Å². The van der Waals surface area contributed by atoms with Gasteiger partial charge in [-0.25, -0.2) is 4.68 Å². The Hall–Kier alpha value is -1.56. The first-order valence-corrected chi connectivity index (χ1v) is 8.14. The van der Waals surface area contributed by atoms with Crippen LogP contribution < -0.4 is 11.1 Å². The predicted molar refractivity (Wildman–Crippen MR) is 100 cm³/mol. The number of aromatic nitrogens is 2. The number of nitrogens with zero attached hydrogens (tertiary/aromatic N) is 2. The van der Waals surface area contributed by atoms with Crippen LogP contribution in [0.1, 0.15) is 42.7 Å². The van der Waals surface area contributed by atoms with E-state index in [1.165, 1.54) is 0 Å². The standard InChI is InChI=1S/C17H23ClN4O.ClH/c1-11(2)16-15(17(23)20-9-12(3)8-19)10-21-22(16)14-6-4-5-13(18)7-14;/h4-7,10-12H,8-9,19H2,1-3H3,(H,20,23);1H. The maximum Gasteiger partial charge on any atom is 0.254 e. The van der Waals surface area contributed by atoms with Crippen LogP contribution in [0.3, 0.4) is 0 Å². The molecule has 1 aromatic heterocycles. The van der Waals surface area contributed by atoms with Crippen molar-refractivity contribution in [1.29, 1.82) is 0 Å². The Kier molecular flexibility index (Phi) is 7.73. The van der Waals surface area contributed by atoms with Crippen LogP contribution in [0.15, 0.2) is 30.5 Å². The molecule has 7 heteroatoms. The zero-order valence-corrected chi connectivity index (χ0v) is 15.7. The Bertz CT molecular complexity index is 685. The number of nitrogens with two attached hydrogens (primary N) is 1. The highest BCUT2D eigenvalue weighted by atomic mass is 35.5. The first-order chi connectivity index (χ1) is 10.9. The molecule has 0 radical (unpaired) electrons. The number of rotatable bonds is 6. The summed E-state index contributed by atoms with van der Waals surface area (Å²) in [5.41, 5.74) is 7.89. The van der Waals surface area contributed by atoms with Gasteiger partial charge in [0.15, 0.2) is 0 Å². The Balaban J connectivity index is 0.00000288. The molecule has 1 atom stereocenters. The van der Waals surface area contributed by atoms with Crippen LogP contribution in [0.4, 0.5) is 0 Å². The van der Waals surface area contributed by atoms with Crippen molar-refractivity contribution in [1.82, 2.24) is 15.1 Å². The van der Waals surface area contributed by atoms with Crippen LogP contribution in [-0.4, -0.2) is 28.8 Å². The molecule has 0 spiro atoms. The van der Waals surface area contributed by atoms with Gasteiger partial charge in [-0.05, 0) is 36.6 Å². The Morgan fingerprint density at radius 1 is 1.38 bits per heavy atom. The molecular formula is C17H24Cl2N4O. The third-order valence-corrected chi connectivity index (χ3v) is 3.90. The molecule has 132 valence electrons. The SMILES string of the molecule is CC(CN)CNC(=O)c1cnn(-c2cccc(Cl)c2)c1C(C)C.Cl. The van der Waals surface area contributed by atoms with E-state index in [0.29, 0.717) is 23.7 Å². The lowest BCUT2D eigenvalue weighted by molar-refractivity contribution is 0.0947. The van der Waals surface area contributed by atoms with E-state index in [4.69, 9.17) is 17.3 Å². The molecule has 1 aromatic carbocycles. The second-order valence-corrected chi connectivity index (χ2v) is 6.48. The van der Waals surface area contributed by atoms with Gasteiger partial charge in [0.05, 0.1) is 23.1 Å². The number of carbonyl (C=O) groups excluding carboxylic acids is 1. The zero-order valence-electron chi connectivity index (χ0n) is 14.1. The van der Waals surface area contributed by atoms with E-state index < -0.39 is 0 Å². The molecule has 24 heavy (non-hydrogen) atoms. The maximum atomic E-state index is 12.5. The van der Waals surface area contributed by atoms with Crippen molar-refractivity contribution in [3.63, 3.8) is 0 Å². The van der Waals surface area contributed by atoms with E-state index in [1.807, 2.05) is 45.0 Å². The lowest BCUT2D eigenvalue weighted by Crippen LogP contribution is -2.31.